The number of methoxy groups -OCH3 is 2. The number of ether oxygens (including phenoxy) is 5. The molecule has 6 fully saturated rings. The lowest BCUT2D eigenvalue weighted by molar-refractivity contribution is -0.386. The Labute approximate surface area is 367 Å². The fourth-order valence-electron chi connectivity index (χ4n) is 6.53. The van der Waals surface area contributed by atoms with Crippen molar-refractivity contribution < 1.29 is 57.8 Å². The molecule has 3 N–H and O–H groups in total. The summed E-state index contributed by atoms with van der Waals surface area (Å²) in [5.74, 6) is -0.220. The maximum absolute atomic E-state index is 11.8. The molecule has 0 amide bonds. The molecule has 0 saturated heterocycles. The standard InChI is InChI=1S/C16H19NO5.C14H14N2O3.C12H11NO6.C3H7N/c1-21-16(18)12-8-11(5-4-10-2-3-10)15(17(19)20)14(9-12)22-13-6-7-13;17-14(18)8-5-10-12(11(6-8)19-9-3-4-9)16-13(15-10)7-1-2-7;1-18-12(15)7-4-8(6-14)11(13(16)17)10(5-7)19-9-2-3-9;4-3-1-2-3/h8-10,13H,2-7H2,1H3;5-7,9,13H,1-4H2,(H,17,18);4-6,9H,2-3H2,1H3;3H,1-2,4H2. The van der Waals surface area contributed by atoms with Gasteiger partial charge in [0.2, 0.25) is 0 Å². The molecule has 0 bridgehead atoms. The third kappa shape index (κ3) is 12.6. The summed E-state index contributed by atoms with van der Waals surface area (Å²) in [6.45, 7) is 0. The average molecular weight is 886 g/mol. The number of nitrogens with two attached hydrogens (primary N) is 1. The summed E-state index contributed by atoms with van der Waals surface area (Å²) in [6.07, 6.45) is 14.7. The number of aromatic carboxylic acids is 1. The van der Waals surface area contributed by atoms with Crippen LogP contribution in [0.4, 0.5) is 11.4 Å². The van der Waals surface area contributed by atoms with E-state index in [1.165, 1.54) is 52.0 Å². The second kappa shape index (κ2) is 19.9. The zero-order valence-corrected chi connectivity index (χ0v) is 35.6. The van der Waals surface area contributed by atoms with Crippen molar-refractivity contribution in [2.45, 2.75) is 120 Å². The van der Waals surface area contributed by atoms with Crippen LogP contribution in [0, 0.1) is 32.1 Å². The molecule has 1 unspecified atom stereocenters. The van der Waals surface area contributed by atoms with Gasteiger partial charge >= 0.3 is 29.3 Å². The number of nitro groups is 2. The van der Waals surface area contributed by atoms with Gasteiger partial charge in [0.05, 0.1) is 70.0 Å². The summed E-state index contributed by atoms with van der Waals surface area (Å²) < 4.78 is 26.1. The van der Waals surface area contributed by atoms with Gasteiger partial charge in [0, 0.05) is 29.7 Å². The highest BCUT2D eigenvalue weighted by atomic mass is 16.6. The van der Waals surface area contributed by atoms with Gasteiger partial charge in [0.1, 0.15) is 17.3 Å². The molecule has 19 nitrogen and oxygen atoms in total. The van der Waals surface area contributed by atoms with Crippen molar-refractivity contribution in [3.63, 3.8) is 0 Å². The number of benzene rings is 3. The van der Waals surface area contributed by atoms with E-state index in [-0.39, 0.29) is 58.4 Å². The summed E-state index contributed by atoms with van der Waals surface area (Å²) in [7, 11) is 2.49. The van der Waals surface area contributed by atoms with Crippen LogP contribution in [0.5, 0.6) is 17.2 Å². The van der Waals surface area contributed by atoms with Crippen molar-refractivity contribution in [2.24, 2.45) is 27.6 Å². The number of aryl methyl sites for hydroxylation is 1. The number of nitro benzene ring substituents is 2. The first kappa shape index (κ1) is 45.5. The van der Waals surface area contributed by atoms with E-state index in [0.29, 0.717) is 52.8 Å². The minimum atomic E-state index is -0.950. The highest BCUT2D eigenvalue weighted by Gasteiger charge is 2.35. The number of hydrogen-bond donors (Lipinski definition) is 2. The first-order valence-corrected chi connectivity index (χ1v) is 21.6. The number of carboxylic acid groups (broad SMARTS) is 1. The first-order chi connectivity index (χ1) is 30.7. The Morgan fingerprint density at radius 2 is 1.20 bits per heavy atom. The fourth-order valence-corrected chi connectivity index (χ4v) is 6.53. The van der Waals surface area contributed by atoms with E-state index in [0.717, 1.165) is 69.2 Å². The topological polar surface area (TPSA) is 272 Å². The monoisotopic (exact) mass is 885 g/mol. The highest BCUT2D eigenvalue weighted by molar-refractivity contribution is 5.95. The Balaban J connectivity index is 0.000000137. The second-order valence-electron chi connectivity index (χ2n) is 16.9. The molecule has 19 heteroatoms. The molecule has 0 aromatic heterocycles. The predicted molar refractivity (Wildman–Crippen MR) is 226 cm³/mol. The van der Waals surface area contributed by atoms with Crippen LogP contribution in [0.25, 0.3) is 0 Å². The molecular weight excluding hydrogens is 835 g/mol. The van der Waals surface area contributed by atoms with Gasteiger partial charge in [0.25, 0.3) is 0 Å². The van der Waals surface area contributed by atoms with Crippen molar-refractivity contribution in [3.8, 4) is 17.2 Å². The molecule has 3 aromatic carbocycles. The number of hydrogen-bond acceptors (Lipinski definition) is 16. The molecule has 3 aromatic rings. The second-order valence-corrected chi connectivity index (χ2v) is 16.9. The lowest BCUT2D eigenvalue weighted by Crippen LogP contribution is -2.26. The van der Waals surface area contributed by atoms with Gasteiger partial charge in [-0.15, -0.1) is 0 Å². The van der Waals surface area contributed by atoms with Gasteiger partial charge in [-0.05, 0) is 107 Å². The number of rotatable bonds is 16. The largest absolute Gasteiger partial charge is 0.488 e. The lowest BCUT2D eigenvalue weighted by Gasteiger charge is -2.11. The zero-order chi connectivity index (χ0) is 45.7. The van der Waals surface area contributed by atoms with E-state index in [4.69, 9.17) is 29.8 Å². The molecule has 6 aliphatic carbocycles. The molecular formula is C45H51N5O14. The van der Waals surface area contributed by atoms with E-state index in [1.807, 2.05) is 0 Å². The third-order valence-electron chi connectivity index (χ3n) is 11.1. The Bertz CT molecular complexity index is 2440. The van der Waals surface area contributed by atoms with E-state index >= 15 is 0 Å². The number of carboxylic acids is 1. The molecule has 1 aliphatic heterocycles. The molecule has 6 saturated carbocycles. The third-order valence-corrected chi connectivity index (χ3v) is 11.1. The smallest absolute Gasteiger partial charge is 0.338 e. The Morgan fingerprint density at radius 1 is 0.703 bits per heavy atom. The fraction of sp³-hybridized carbons (Fsp3) is 0.511. The quantitative estimate of drug-likeness (QED) is 0.0720. The zero-order valence-electron chi connectivity index (χ0n) is 35.6. The summed E-state index contributed by atoms with van der Waals surface area (Å²) in [5, 5.41) is 33.0. The molecule has 64 heavy (non-hydrogen) atoms. The van der Waals surface area contributed by atoms with Crippen molar-refractivity contribution in [1.29, 1.82) is 0 Å². The van der Waals surface area contributed by atoms with Crippen LogP contribution in [0.2, 0.25) is 0 Å². The number of esters is 2. The Hall–Kier alpha value is -6.50. The van der Waals surface area contributed by atoms with Gasteiger partial charge in [-0.1, -0.05) is 12.8 Å². The minimum Gasteiger partial charge on any atom is -0.488 e. The average Bonchev–Trinajstić information content (AvgIpc) is 4.04. The van der Waals surface area contributed by atoms with Crippen LogP contribution in [-0.4, -0.2) is 83.9 Å². The molecule has 0 radical (unpaired) electrons. The van der Waals surface area contributed by atoms with Crippen LogP contribution in [-0.2, 0) is 15.9 Å². The molecule has 1 atom stereocenters. The van der Waals surface area contributed by atoms with Crippen LogP contribution in [0.1, 0.15) is 130 Å². The normalized spacial score (nSPS) is 18.8. The number of fused-ring (bicyclic) bond motifs is 1. The number of aldehydes is 1. The summed E-state index contributed by atoms with van der Waals surface area (Å²) in [6, 6.07) is 9.12. The maximum Gasteiger partial charge on any atom is 0.338 e. The number of nitrogens with zero attached hydrogens (tertiary/aromatic N) is 4. The van der Waals surface area contributed by atoms with Crippen molar-refractivity contribution in [3.05, 3.63) is 95.2 Å². The lowest BCUT2D eigenvalue weighted by atomic mass is 10.0. The van der Waals surface area contributed by atoms with Crippen molar-refractivity contribution in [2.75, 3.05) is 14.2 Å². The molecule has 7 aliphatic rings. The predicted octanol–water partition coefficient (Wildman–Crippen LogP) is 6.02. The van der Waals surface area contributed by atoms with E-state index in [9.17, 15) is 39.4 Å². The SMILES string of the molecule is COC(=O)c1cc(C=O)c([N+](=O)[O-])c(OC2CC2)c1.COC(=O)c1cc(CCC2CC2)c([N+](=O)[O-])c(OC2CC2)c1.NC1CC1.O=C(O)c1cc(OC2CC2)c2c(c1)=NC(C1CC1)N=2. The van der Waals surface area contributed by atoms with Gasteiger partial charge in [0.15, 0.2) is 17.8 Å². The van der Waals surface area contributed by atoms with E-state index < -0.39 is 33.4 Å². The van der Waals surface area contributed by atoms with Crippen molar-refractivity contribution >= 4 is 35.6 Å². The minimum absolute atomic E-state index is 0.000188. The molecule has 1 heterocycles. The maximum atomic E-state index is 11.8. The molecule has 0 spiro atoms. The highest BCUT2D eigenvalue weighted by Crippen LogP contribution is 2.41. The summed E-state index contributed by atoms with van der Waals surface area (Å²) >= 11 is 0. The first-order valence-electron chi connectivity index (χ1n) is 21.6. The summed E-state index contributed by atoms with van der Waals surface area (Å²) in [5.41, 5.74) is 5.75. The van der Waals surface area contributed by atoms with Gasteiger partial charge in [-0.2, -0.15) is 0 Å². The van der Waals surface area contributed by atoms with Crippen LogP contribution in [0.15, 0.2) is 46.4 Å². The van der Waals surface area contributed by atoms with Crippen molar-refractivity contribution in [1.82, 2.24) is 0 Å². The number of carbonyl (C=O) groups is 4. The Morgan fingerprint density at radius 3 is 1.64 bits per heavy atom. The van der Waals surface area contributed by atoms with E-state index in [1.54, 1.807) is 18.2 Å². The Kier molecular flexibility index (Phi) is 14.2. The van der Waals surface area contributed by atoms with Gasteiger partial charge < -0.3 is 34.5 Å². The molecule has 10 rings (SSSR count). The van der Waals surface area contributed by atoms with Crippen LogP contribution in [0.3, 0.4) is 0 Å². The summed E-state index contributed by atoms with van der Waals surface area (Å²) in [4.78, 5) is 75.9. The van der Waals surface area contributed by atoms with E-state index in [2.05, 4.69) is 14.7 Å². The number of carbonyl (C=O) groups excluding carboxylic acids is 3. The van der Waals surface area contributed by atoms with Crippen LogP contribution >= 0.6 is 0 Å². The van der Waals surface area contributed by atoms with Gasteiger partial charge in [-0.3, -0.25) is 35.0 Å². The van der Waals surface area contributed by atoms with Gasteiger partial charge in [-0.25, -0.2) is 14.4 Å². The van der Waals surface area contributed by atoms with Crippen LogP contribution < -0.4 is 30.7 Å². The molecule has 340 valence electrons.